The Hall–Kier alpha value is -2.77. The second-order valence-corrected chi connectivity index (χ2v) is 12.3. The zero-order valence-electron chi connectivity index (χ0n) is 20.6. The van der Waals surface area contributed by atoms with Gasteiger partial charge < -0.3 is 9.47 Å². The van der Waals surface area contributed by atoms with Gasteiger partial charge in [-0.3, -0.25) is 19.3 Å². The summed E-state index contributed by atoms with van der Waals surface area (Å²) in [5.74, 6) is 2.28. The third kappa shape index (κ3) is 4.68. The third-order valence-electron chi connectivity index (χ3n) is 8.29. The molecular formula is C29H28ClNO5S. The predicted octanol–water partition coefficient (Wildman–Crippen LogP) is 6.71. The second-order valence-electron chi connectivity index (χ2n) is 10.9. The van der Waals surface area contributed by atoms with Crippen molar-refractivity contribution in [2.75, 3.05) is 7.11 Å². The van der Waals surface area contributed by atoms with Gasteiger partial charge in [0.05, 0.1) is 24.0 Å². The first kappa shape index (κ1) is 24.6. The van der Waals surface area contributed by atoms with E-state index in [1.54, 1.807) is 48.5 Å². The van der Waals surface area contributed by atoms with E-state index in [2.05, 4.69) is 0 Å². The van der Waals surface area contributed by atoms with Gasteiger partial charge in [-0.15, -0.1) is 0 Å². The molecule has 7 rings (SSSR count). The Bertz CT molecular complexity index is 1270. The van der Waals surface area contributed by atoms with Gasteiger partial charge in [0, 0.05) is 5.02 Å². The van der Waals surface area contributed by atoms with Crippen molar-refractivity contribution in [2.24, 2.45) is 23.2 Å². The number of carbonyl (C=O) groups is 3. The fourth-order valence-electron chi connectivity index (χ4n) is 6.99. The van der Waals surface area contributed by atoms with Crippen molar-refractivity contribution < 1.29 is 23.9 Å². The number of esters is 1. The molecule has 0 N–H and O–H groups in total. The van der Waals surface area contributed by atoms with Crippen LogP contribution < -0.4 is 9.47 Å². The largest absolute Gasteiger partial charge is 0.493 e. The summed E-state index contributed by atoms with van der Waals surface area (Å²) in [6.45, 7) is 0.182. The molecule has 4 aliphatic carbocycles. The highest BCUT2D eigenvalue weighted by Gasteiger charge is 2.55. The number of ether oxygens (including phenoxy) is 2. The summed E-state index contributed by atoms with van der Waals surface area (Å²) in [6, 6.07) is 12.3. The molecule has 1 heterocycles. The number of thioether (sulfide) groups is 1. The van der Waals surface area contributed by atoms with Crippen LogP contribution in [0.25, 0.3) is 6.08 Å². The number of carbonyl (C=O) groups excluding carboxylic acids is 3. The number of amides is 2. The molecule has 192 valence electrons. The quantitative estimate of drug-likeness (QED) is 0.232. The monoisotopic (exact) mass is 537 g/mol. The minimum atomic E-state index is -0.360. The summed E-state index contributed by atoms with van der Waals surface area (Å²) in [7, 11) is 1.53. The highest BCUT2D eigenvalue weighted by Crippen LogP contribution is 2.60. The average molecular weight is 538 g/mol. The Labute approximate surface area is 225 Å². The van der Waals surface area contributed by atoms with E-state index in [1.807, 2.05) is 0 Å². The summed E-state index contributed by atoms with van der Waals surface area (Å²) in [5.41, 5.74) is 1.14. The molecule has 8 heteroatoms. The fourth-order valence-corrected chi connectivity index (χ4v) is 7.95. The second kappa shape index (κ2) is 9.52. The zero-order chi connectivity index (χ0) is 25.7. The van der Waals surface area contributed by atoms with E-state index in [0.717, 1.165) is 36.6 Å². The SMILES string of the molecule is COc1cc(C=C2SC(=O)N(Cc3ccc(Cl)cc3)C2=O)ccc1OC(=O)C12CC3CC(CC(C3)C1)C2. The lowest BCUT2D eigenvalue weighted by molar-refractivity contribution is -0.161. The van der Waals surface area contributed by atoms with E-state index < -0.39 is 0 Å². The predicted molar refractivity (Wildman–Crippen MR) is 142 cm³/mol. The number of nitrogens with zero attached hydrogens (tertiary/aromatic N) is 1. The molecule has 5 aliphatic rings. The van der Waals surface area contributed by atoms with Crippen LogP contribution >= 0.6 is 23.4 Å². The summed E-state index contributed by atoms with van der Waals surface area (Å²) >= 11 is 6.84. The summed E-state index contributed by atoms with van der Waals surface area (Å²) < 4.78 is 11.5. The molecule has 5 fully saturated rings. The van der Waals surface area contributed by atoms with Gasteiger partial charge in [0.2, 0.25) is 0 Å². The van der Waals surface area contributed by atoms with Crippen LogP contribution in [0.3, 0.4) is 0 Å². The lowest BCUT2D eigenvalue weighted by Gasteiger charge is -2.55. The van der Waals surface area contributed by atoms with E-state index >= 15 is 0 Å². The van der Waals surface area contributed by atoms with Crippen LogP contribution in [0, 0.1) is 23.2 Å². The van der Waals surface area contributed by atoms with Crippen molar-refractivity contribution >= 4 is 46.6 Å². The van der Waals surface area contributed by atoms with Crippen LogP contribution in [0.1, 0.15) is 49.7 Å². The first-order valence-electron chi connectivity index (χ1n) is 12.7. The van der Waals surface area contributed by atoms with Gasteiger partial charge in [-0.25, -0.2) is 0 Å². The van der Waals surface area contributed by atoms with E-state index in [1.165, 1.54) is 31.3 Å². The molecule has 2 amide bonds. The maximum absolute atomic E-state index is 13.4. The maximum atomic E-state index is 13.4. The number of benzene rings is 2. The van der Waals surface area contributed by atoms with Crippen molar-refractivity contribution in [3.8, 4) is 11.5 Å². The Balaban J connectivity index is 1.17. The number of methoxy groups -OCH3 is 1. The van der Waals surface area contributed by atoms with Gasteiger partial charge in [0.15, 0.2) is 11.5 Å². The number of imide groups is 1. The average Bonchev–Trinajstić information content (AvgIpc) is 3.12. The molecule has 1 aliphatic heterocycles. The first-order chi connectivity index (χ1) is 17.8. The number of rotatable bonds is 6. The minimum absolute atomic E-state index is 0.138. The first-order valence-corrected chi connectivity index (χ1v) is 13.9. The number of hydrogen-bond donors (Lipinski definition) is 0. The Morgan fingerprint density at radius 2 is 1.68 bits per heavy atom. The van der Waals surface area contributed by atoms with Crippen LogP contribution in [0.4, 0.5) is 4.79 Å². The summed E-state index contributed by atoms with van der Waals surface area (Å²) in [5, 5.41) is 0.276. The standard InChI is InChI=1S/C29H28ClNO5S/c1-35-24-11-18(12-25-26(32)31(28(34)37-25)16-17-2-5-22(30)6-3-17)4-7-23(24)36-27(33)29-13-19-8-20(14-29)10-21(9-19)15-29/h2-7,11-12,19-21H,8-10,13-16H2,1H3. The molecule has 37 heavy (non-hydrogen) atoms. The van der Waals surface area contributed by atoms with Crippen LogP contribution in [0.15, 0.2) is 47.4 Å². The Kier molecular flexibility index (Phi) is 6.32. The number of hydrogen-bond acceptors (Lipinski definition) is 6. The lowest BCUT2D eigenvalue weighted by Crippen LogP contribution is -2.51. The topological polar surface area (TPSA) is 72.9 Å². The molecule has 4 saturated carbocycles. The summed E-state index contributed by atoms with van der Waals surface area (Å²) in [4.78, 5) is 40.4. The molecule has 0 spiro atoms. The van der Waals surface area contributed by atoms with Crippen molar-refractivity contribution in [1.29, 1.82) is 0 Å². The molecule has 2 aromatic rings. The third-order valence-corrected chi connectivity index (χ3v) is 9.45. The van der Waals surface area contributed by atoms with Crippen LogP contribution in [-0.2, 0) is 16.1 Å². The Morgan fingerprint density at radius 3 is 2.30 bits per heavy atom. The highest BCUT2D eigenvalue weighted by atomic mass is 35.5. The molecule has 6 nitrogen and oxygen atoms in total. The van der Waals surface area contributed by atoms with E-state index in [-0.39, 0.29) is 29.1 Å². The fraction of sp³-hybridized carbons (Fsp3) is 0.414. The molecule has 0 atom stereocenters. The van der Waals surface area contributed by atoms with Crippen molar-refractivity contribution in [2.45, 2.75) is 45.1 Å². The van der Waals surface area contributed by atoms with Crippen LogP contribution in [0.2, 0.25) is 5.02 Å². The zero-order valence-corrected chi connectivity index (χ0v) is 22.1. The molecule has 1 saturated heterocycles. The van der Waals surface area contributed by atoms with E-state index in [4.69, 9.17) is 21.1 Å². The maximum Gasteiger partial charge on any atom is 0.317 e. The molecule has 0 unspecified atom stereocenters. The molecule has 4 bridgehead atoms. The van der Waals surface area contributed by atoms with E-state index in [9.17, 15) is 14.4 Å². The number of halogens is 1. The minimum Gasteiger partial charge on any atom is -0.493 e. The molecular weight excluding hydrogens is 510 g/mol. The van der Waals surface area contributed by atoms with Gasteiger partial charge in [0.1, 0.15) is 0 Å². The molecule has 0 aromatic heterocycles. The van der Waals surface area contributed by atoms with Gasteiger partial charge in [-0.1, -0.05) is 29.8 Å². The van der Waals surface area contributed by atoms with Crippen molar-refractivity contribution in [3.05, 3.63) is 63.5 Å². The van der Waals surface area contributed by atoms with Gasteiger partial charge in [0.25, 0.3) is 11.1 Å². The van der Waals surface area contributed by atoms with Crippen molar-refractivity contribution in [1.82, 2.24) is 4.90 Å². The molecule has 0 radical (unpaired) electrons. The smallest absolute Gasteiger partial charge is 0.317 e. The van der Waals surface area contributed by atoms with E-state index in [0.29, 0.717) is 44.7 Å². The highest BCUT2D eigenvalue weighted by molar-refractivity contribution is 8.18. The lowest BCUT2D eigenvalue weighted by atomic mass is 9.49. The summed E-state index contributed by atoms with van der Waals surface area (Å²) in [6.07, 6.45) is 8.25. The van der Waals surface area contributed by atoms with Gasteiger partial charge >= 0.3 is 5.97 Å². The Morgan fingerprint density at radius 1 is 1.03 bits per heavy atom. The van der Waals surface area contributed by atoms with Crippen LogP contribution in [0.5, 0.6) is 11.5 Å². The van der Waals surface area contributed by atoms with Gasteiger partial charge in [-0.2, -0.15) is 0 Å². The van der Waals surface area contributed by atoms with Crippen LogP contribution in [-0.4, -0.2) is 29.1 Å². The normalized spacial score (nSPS) is 29.3. The molecule has 2 aromatic carbocycles. The van der Waals surface area contributed by atoms with Crippen molar-refractivity contribution in [3.63, 3.8) is 0 Å². The van der Waals surface area contributed by atoms with Gasteiger partial charge in [-0.05, 0) is 110 Å².